The Labute approximate surface area is 316 Å². The number of ether oxygens (including phenoxy) is 2. The van der Waals surface area contributed by atoms with Crippen molar-refractivity contribution in [2.24, 2.45) is 29.6 Å². The fourth-order valence-electron chi connectivity index (χ4n) is 9.34. The van der Waals surface area contributed by atoms with Crippen LogP contribution in [0.15, 0.2) is 121 Å². The van der Waals surface area contributed by atoms with Crippen LogP contribution in [-0.2, 0) is 24.6 Å². The number of non-ortho nitro benzene ring substituents is 1. The van der Waals surface area contributed by atoms with Gasteiger partial charge in [0.1, 0.15) is 0 Å². The minimum Gasteiger partial charge on any atom is -0.502 e. The molecule has 55 heavy (non-hydrogen) atoms. The number of hydrogen-bond donors (Lipinski definition) is 1. The highest BCUT2D eigenvalue weighted by Crippen LogP contribution is 2.61. The van der Waals surface area contributed by atoms with Gasteiger partial charge in [-0.05, 0) is 59.7 Å². The number of amides is 2. The highest BCUT2D eigenvalue weighted by atomic mass is 16.6. The number of carbonyl (C=O) groups is 4. The summed E-state index contributed by atoms with van der Waals surface area (Å²) in [7, 11) is 2.84. The lowest BCUT2D eigenvalue weighted by Gasteiger charge is -2.54. The summed E-state index contributed by atoms with van der Waals surface area (Å²) in [6.45, 7) is 0. The molecule has 11 heteroatoms. The smallest absolute Gasteiger partial charge is 0.271 e. The van der Waals surface area contributed by atoms with Crippen molar-refractivity contribution in [1.82, 2.24) is 0 Å². The van der Waals surface area contributed by atoms with Crippen molar-refractivity contribution in [2.75, 3.05) is 19.1 Å². The quantitative estimate of drug-likeness (QED) is 0.0882. The van der Waals surface area contributed by atoms with Crippen LogP contribution < -0.4 is 14.4 Å². The first-order chi connectivity index (χ1) is 26.6. The van der Waals surface area contributed by atoms with Crippen molar-refractivity contribution in [2.45, 2.75) is 18.3 Å². The average Bonchev–Trinajstić information content (AvgIpc) is 3.47. The minimum atomic E-state index is -1.42. The molecule has 1 saturated carbocycles. The molecule has 4 aromatic carbocycles. The van der Waals surface area contributed by atoms with Gasteiger partial charge < -0.3 is 14.6 Å². The number of carbonyl (C=O) groups excluding carboxylic acids is 4. The van der Waals surface area contributed by atoms with E-state index in [1.54, 1.807) is 42.5 Å². The second kappa shape index (κ2) is 13.7. The van der Waals surface area contributed by atoms with Gasteiger partial charge in [0.25, 0.3) is 5.69 Å². The number of anilines is 1. The van der Waals surface area contributed by atoms with Crippen molar-refractivity contribution in [3.63, 3.8) is 0 Å². The van der Waals surface area contributed by atoms with Crippen molar-refractivity contribution in [3.8, 4) is 17.2 Å². The maximum Gasteiger partial charge on any atom is 0.271 e. The molecule has 4 aromatic rings. The van der Waals surface area contributed by atoms with Gasteiger partial charge in [-0.2, -0.15) is 0 Å². The van der Waals surface area contributed by atoms with Crippen LogP contribution >= 0.6 is 0 Å². The Kier molecular flexibility index (Phi) is 8.79. The van der Waals surface area contributed by atoms with Crippen LogP contribution in [0.5, 0.6) is 17.2 Å². The molecule has 0 spiro atoms. The zero-order chi connectivity index (χ0) is 38.6. The number of imide groups is 1. The molecule has 0 radical (unpaired) electrons. The lowest BCUT2D eigenvalue weighted by Crippen LogP contribution is -2.59. The first-order valence-corrected chi connectivity index (χ1v) is 18.0. The summed E-state index contributed by atoms with van der Waals surface area (Å²) in [5, 5.41) is 22.3. The Hall–Kier alpha value is -6.62. The standard InChI is InChI=1S/C44H36N2O9/c1-54-36-20-25(21-37(55-2)41(36)49)16-19-34-30-17-18-31-39(43(51)45(42(31)50)28-14-9-15-29(22-28)46(52)53)33(30)23-35-40(48)32(26-10-5-3-6-11-26)24-38(47)44(34,35)27-12-7-4-8-13-27/h3-17,19-22,24,31,33-35,39,49H,18,23H2,1-2H3. The van der Waals surface area contributed by atoms with E-state index >= 15 is 9.59 Å². The Morgan fingerprint density at radius 1 is 0.855 bits per heavy atom. The Bertz CT molecular complexity index is 2340. The van der Waals surface area contributed by atoms with E-state index in [1.807, 2.05) is 48.6 Å². The predicted molar refractivity (Wildman–Crippen MR) is 203 cm³/mol. The van der Waals surface area contributed by atoms with Gasteiger partial charge in [-0.15, -0.1) is 0 Å². The van der Waals surface area contributed by atoms with Crippen molar-refractivity contribution in [1.29, 1.82) is 0 Å². The van der Waals surface area contributed by atoms with Crippen LogP contribution in [0.3, 0.4) is 0 Å². The first-order valence-electron chi connectivity index (χ1n) is 18.0. The van der Waals surface area contributed by atoms with E-state index < -0.39 is 51.7 Å². The van der Waals surface area contributed by atoms with Crippen molar-refractivity contribution in [3.05, 3.63) is 148 Å². The van der Waals surface area contributed by atoms with E-state index in [1.165, 1.54) is 44.6 Å². The molecule has 6 unspecified atom stereocenters. The topological polar surface area (TPSA) is 153 Å². The number of fused-ring (bicyclic) bond motifs is 4. The minimum absolute atomic E-state index is 0.111. The van der Waals surface area contributed by atoms with Gasteiger partial charge in [-0.25, -0.2) is 4.90 Å². The van der Waals surface area contributed by atoms with Gasteiger partial charge in [0.2, 0.25) is 17.6 Å². The number of phenolic OH excluding ortho intramolecular Hbond substituents is 1. The van der Waals surface area contributed by atoms with Crippen molar-refractivity contribution >= 4 is 46.4 Å². The SMILES string of the molecule is COc1cc(C=CC2C3=CCC4C(=O)N(c5cccc([N+](=O)[O-])c5)C(=O)C4C3CC3C(=O)C(c4ccccc4)=CC(=O)C23c2ccccc2)cc(OC)c1O. The van der Waals surface area contributed by atoms with E-state index in [2.05, 4.69) is 0 Å². The summed E-state index contributed by atoms with van der Waals surface area (Å²) < 4.78 is 10.8. The number of nitro benzene ring substituents is 1. The molecule has 11 nitrogen and oxygen atoms in total. The van der Waals surface area contributed by atoms with Crippen LogP contribution in [0, 0.1) is 39.7 Å². The molecule has 1 aliphatic heterocycles. The monoisotopic (exact) mass is 736 g/mol. The van der Waals surface area contributed by atoms with E-state index in [0.717, 1.165) is 10.5 Å². The maximum atomic E-state index is 15.1. The number of ketones is 2. The molecule has 0 bridgehead atoms. The van der Waals surface area contributed by atoms with Crippen molar-refractivity contribution < 1.29 is 38.7 Å². The number of benzene rings is 4. The van der Waals surface area contributed by atoms with Crippen LogP contribution in [0.2, 0.25) is 0 Å². The summed E-state index contributed by atoms with van der Waals surface area (Å²) in [5.41, 5.74) is 1.31. The molecule has 6 atom stereocenters. The first kappa shape index (κ1) is 35.4. The third-order valence-corrected chi connectivity index (χ3v) is 11.7. The van der Waals surface area contributed by atoms with Crippen LogP contribution in [0.1, 0.15) is 29.5 Å². The molecule has 276 valence electrons. The zero-order valence-electron chi connectivity index (χ0n) is 30.0. The largest absolute Gasteiger partial charge is 0.502 e. The third-order valence-electron chi connectivity index (χ3n) is 11.7. The molecular formula is C44H36N2O9. The number of allylic oxidation sites excluding steroid dienone is 5. The highest BCUT2D eigenvalue weighted by Gasteiger charge is 2.65. The Morgan fingerprint density at radius 3 is 2.18 bits per heavy atom. The summed E-state index contributed by atoms with van der Waals surface area (Å²) in [6.07, 6.45) is 7.36. The molecule has 4 aliphatic rings. The lowest BCUT2D eigenvalue weighted by molar-refractivity contribution is -0.384. The van der Waals surface area contributed by atoms with E-state index in [-0.39, 0.29) is 58.6 Å². The number of Topliss-reactive ketones (excluding diaryl/α,β-unsaturated/α-hetero) is 1. The van der Waals surface area contributed by atoms with Crippen LogP contribution in [0.4, 0.5) is 11.4 Å². The molecule has 1 heterocycles. The number of hydrogen-bond acceptors (Lipinski definition) is 9. The van der Waals surface area contributed by atoms with E-state index in [0.29, 0.717) is 16.7 Å². The van der Waals surface area contributed by atoms with E-state index in [9.17, 15) is 24.8 Å². The molecule has 3 aliphatic carbocycles. The Balaban J connectivity index is 1.32. The number of nitrogens with zero attached hydrogens (tertiary/aromatic N) is 2. The molecule has 1 saturated heterocycles. The molecule has 2 fully saturated rings. The zero-order valence-corrected chi connectivity index (χ0v) is 30.0. The van der Waals surface area contributed by atoms with Gasteiger partial charge >= 0.3 is 0 Å². The van der Waals surface area contributed by atoms with E-state index in [4.69, 9.17) is 9.47 Å². The molecule has 8 rings (SSSR count). The van der Waals surface area contributed by atoms with Crippen LogP contribution in [0.25, 0.3) is 11.6 Å². The number of rotatable bonds is 8. The number of methoxy groups -OCH3 is 2. The van der Waals surface area contributed by atoms with Crippen LogP contribution in [-0.4, -0.2) is 47.6 Å². The number of aromatic hydroxyl groups is 1. The third kappa shape index (κ3) is 5.48. The maximum absolute atomic E-state index is 15.1. The second-order valence-electron chi connectivity index (χ2n) is 14.3. The normalized spacial score (nSPS) is 25.9. The fraction of sp³-hybridized carbons (Fsp3) is 0.227. The second-order valence-corrected chi connectivity index (χ2v) is 14.3. The molecule has 0 aromatic heterocycles. The number of nitro groups is 1. The predicted octanol–water partition coefficient (Wildman–Crippen LogP) is 6.89. The number of phenols is 1. The fourth-order valence-corrected chi connectivity index (χ4v) is 9.34. The molecule has 2 amide bonds. The molecule has 1 N–H and O–H groups in total. The summed E-state index contributed by atoms with van der Waals surface area (Å²) in [6, 6.07) is 26.9. The Morgan fingerprint density at radius 2 is 1.53 bits per heavy atom. The van der Waals surface area contributed by atoms with Gasteiger partial charge in [-0.3, -0.25) is 29.3 Å². The van der Waals surface area contributed by atoms with Gasteiger partial charge in [0.05, 0.1) is 42.1 Å². The summed E-state index contributed by atoms with van der Waals surface area (Å²) in [4.78, 5) is 71.0. The molecular weight excluding hydrogens is 700 g/mol. The summed E-state index contributed by atoms with van der Waals surface area (Å²) >= 11 is 0. The van der Waals surface area contributed by atoms with Gasteiger partial charge in [0, 0.05) is 29.5 Å². The highest BCUT2D eigenvalue weighted by molar-refractivity contribution is 6.31. The van der Waals surface area contributed by atoms with Gasteiger partial charge in [0.15, 0.2) is 23.1 Å². The van der Waals surface area contributed by atoms with Gasteiger partial charge in [-0.1, -0.05) is 90.5 Å². The average molecular weight is 737 g/mol. The summed E-state index contributed by atoms with van der Waals surface area (Å²) in [5.74, 6) is -5.24. The lowest BCUT2D eigenvalue weighted by atomic mass is 9.45.